The Morgan fingerprint density at radius 3 is 2.19 bits per heavy atom. The molecule has 0 atom stereocenters. The van der Waals surface area contributed by atoms with Crippen LogP contribution in [0.4, 0.5) is 5.69 Å². The Morgan fingerprint density at radius 2 is 1.53 bits per heavy atom. The molecular weight excluding hydrogens is 389 g/mol. The average molecular weight is 420 g/mol. The van der Waals surface area contributed by atoms with Crippen molar-refractivity contribution in [3.63, 3.8) is 0 Å². The molecule has 0 aliphatic heterocycles. The zero-order valence-corrected chi connectivity index (χ0v) is 19.6. The molecule has 3 nitrogen and oxygen atoms in total. The van der Waals surface area contributed by atoms with Gasteiger partial charge in [-0.3, -0.25) is 4.57 Å². The van der Waals surface area contributed by atoms with Crippen molar-refractivity contribution in [3.8, 4) is 17.1 Å². The van der Waals surface area contributed by atoms with E-state index in [9.17, 15) is 0 Å². The van der Waals surface area contributed by atoms with E-state index >= 15 is 0 Å². The number of hydrogen-bond donors (Lipinski definition) is 1. The maximum atomic E-state index is 4.71. The van der Waals surface area contributed by atoms with Crippen molar-refractivity contribution in [1.82, 2.24) is 9.55 Å². The van der Waals surface area contributed by atoms with Crippen molar-refractivity contribution in [3.05, 3.63) is 95.8 Å². The van der Waals surface area contributed by atoms with Gasteiger partial charge < -0.3 is 5.23 Å². The largest absolute Gasteiger partial charge is 0.427 e. The normalized spacial score (nSPS) is 11.2. The number of anilines is 1. The van der Waals surface area contributed by atoms with E-state index in [1.54, 1.807) is 0 Å². The molecule has 0 aliphatic carbocycles. The highest BCUT2D eigenvalue weighted by Crippen LogP contribution is 2.30. The van der Waals surface area contributed by atoms with Gasteiger partial charge in [-0.05, 0) is 59.7 Å². The first-order chi connectivity index (χ1) is 15.5. The van der Waals surface area contributed by atoms with E-state index in [0.29, 0.717) is 11.8 Å². The Labute approximate surface area is 192 Å². The lowest BCUT2D eigenvalue weighted by atomic mass is 9.71. The highest BCUT2D eigenvalue weighted by Gasteiger charge is 2.17. The van der Waals surface area contributed by atoms with Crippen LogP contribution in [-0.4, -0.2) is 17.0 Å². The Balaban J connectivity index is 1.73. The van der Waals surface area contributed by atoms with Crippen LogP contribution in [0.15, 0.2) is 79.1 Å². The third kappa shape index (κ3) is 4.50. The molecule has 0 amide bonds. The van der Waals surface area contributed by atoms with Crippen LogP contribution >= 0.6 is 0 Å². The molecule has 1 radical (unpaired) electrons. The van der Waals surface area contributed by atoms with E-state index in [1.807, 2.05) is 18.5 Å². The predicted molar refractivity (Wildman–Crippen MR) is 137 cm³/mol. The maximum Gasteiger partial charge on any atom is 0.283 e. The molecule has 0 fully saturated rings. The molecule has 3 aromatic carbocycles. The molecule has 1 aromatic heterocycles. The number of hydrogen-bond acceptors (Lipinski definition) is 2. The van der Waals surface area contributed by atoms with Crippen molar-refractivity contribution in [2.75, 3.05) is 5.23 Å². The van der Waals surface area contributed by atoms with Crippen LogP contribution in [-0.2, 0) is 0 Å². The van der Waals surface area contributed by atoms with Crippen LogP contribution in [0.3, 0.4) is 0 Å². The minimum atomic E-state index is 0.454. The summed E-state index contributed by atoms with van der Waals surface area (Å²) >= 11 is 0. The van der Waals surface area contributed by atoms with Gasteiger partial charge in [0.15, 0.2) is 0 Å². The van der Waals surface area contributed by atoms with E-state index in [4.69, 9.17) is 4.98 Å². The van der Waals surface area contributed by atoms with Gasteiger partial charge in [-0.1, -0.05) is 75.6 Å². The topological polar surface area (TPSA) is 29.9 Å². The third-order valence-corrected chi connectivity index (χ3v) is 5.88. The van der Waals surface area contributed by atoms with E-state index in [0.717, 1.165) is 22.8 Å². The van der Waals surface area contributed by atoms with E-state index in [-0.39, 0.29) is 0 Å². The quantitative estimate of drug-likeness (QED) is 0.348. The number of nitrogens with one attached hydrogen (secondary N) is 1. The van der Waals surface area contributed by atoms with Crippen LogP contribution in [0.5, 0.6) is 0 Å². The monoisotopic (exact) mass is 420 g/mol. The van der Waals surface area contributed by atoms with Crippen molar-refractivity contribution < 1.29 is 0 Å². The first kappa shape index (κ1) is 21.9. The van der Waals surface area contributed by atoms with E-state index in [2.05, 4.69) is 112 Å². The van der Waals surface area contributed by atoms with Gasteiger partial charge in [-0.2, -0.15) is 0 Å². The summed E-state index contributed by atoms with van der Waals surface area (Å²) in [6.07, 6.45) is 3.88. The lowest BCUT2D eigenvalue weighted by Gasteiger charge is -2.21. The molecule has 4 heteroatoms. The second-order valence-corrected chi connectivity index (χ2v) is 8.95. The molecule has 32 heavy (non-hydrogen) atoms. The summed E-state index contributed by atoms with van der Waals surface area (Å²) < 4.78 is 2.14. The predicted octanol–water partition coefficient (Wildman–Crippen LogP) is 6.45. The zero-order valence-electron chi connectivity index (χ0n) is 19.6. The molecular formula is C28H31BN3. The van der Waals surface area contributed by atoms with Gasteiger partial charge in [0.05, 0.1) is 0 Å². The molecule has 0 unspecified atom stereocenters. The first-order valence-electron chi connectivity index (χ1n) is 11.4. The lowest BCUT2D eigenvalue weighted by Crippen LogP contribution is -2.31. The van der Waals surface area contributed by atoms with Gasteiger partial charge in [0, 0.05) is 29.3 Å². The summed E-state index contributed by atoms with van der Waals surface area (Å²) in [5.74, 6) is 1.83. The second kappa shape index (κ2) is 9.48. The van der Waals surface area contributed by atoms with Gasteiger partial charge in [0.2, 0.25) is 0 Å². The van der Waals surface area contributed by atoms with Crippen molar-refractivity contribution in [2.45, 2.75) is 46.5 Å². The summed E-state index contributed by atoms with van der Waals surface area (Å²) in [6.45, 7) is 11.1. The molecule has 0 spiro atoms. The number of aromatic nitrogens is 2. The Bertz CT molecular complexity index is 1170. The number of nitrogens with zero attached hydrogens (tertiary/aromatic N) is 2. The molecule has 0 saturated carbocycles. The van der Waals surface area contributed by atoms with Crippen molar-refractivity contribution >= 4 is 18.6 Å². The lowest BCUT2D eigenvalue weighted by molar-refractivity contribution is 0.845. The number of aryl methyl sites for hydroxylation is 1. The maximum absolute atomic E-state index is 4.71. The van der Waals surface area contributed by atoms with Gasteiger partial charge >= 0.3 is 0 Å². The number of imidazole rings is 1. The highest BCUT2D eigenvalue weighted by atomic mass is 15.1. The summed E-state index contributed by atoms with van der Waals surface area (Å²) in [4.78, 5) is 4.71. The van der Waals surface area contributed by atoms with Crippen LogP contribution in [0.1, 0.15) is 56.2 Å². The van der Waals surface area contributed by atoms with Crippen LogP contribution in [0.2, 0.25) is 0 Å². The summed E-state index contributed by atoms with van der Waals surface area (Å²) in [6, 6.07) is 23.5. The fourth-order valence-electron chi connectivity index (χ4n) is 4.20. The second-order valence-electron chi connectivity index (χ2n) is 8.95. The highest BCUT2D eigenvalue weighted by molar-refractivity contribution is 6.58. The Kier molecular flexibility index (Phi) is 6.50. The molecule has 0 aliphatic rings. The van der Waals surface area contributed by atoms with Crippen LogP contribution in [0, 0.1) is 6.92 Å². The third-order valence-electron chi connectivity index (χ3n) is 5.88. The van der Waals surface area contributed by atoms with Gasteiger partial charge in [0.1, 0.15) is 5.82 Å². The van der Waals surface area contributed by atoms with Gasteiger partial charge in [-0.25, -0.2) is 4.98 Å². The first-order valence-corrected chi connectivity index (χ1v) is 11.4. The summed E-state index contributed by atoms with van der Waals surface area (Å²) in [5, 5.41) is 3.65. The van der Waals surface area contributed by atoms with E-state index < -0.39 is 0 Å². The molecule has 161 valence electrons. The fraction of sp³-hybridized carbons (Fsp3) is 0.250. The minimum Gasteiger partial charge on any atom is -0.427 e. The summed E-state index contributed by atoms with van der Waals surface area (Å²) in [7, 11) is 2.18. The van der Waals surface area contributed by atoms with Gasteiger partial charge in [0.25, 0.3) is 7.41 Å². The molecule has 0 saturated heterocycles. The average Bonchev–Trinajstić information content (AvgIpc) is 3.27. The SMILES string of the molecule is Cc1ccc(-c2nccn2-c2ccccc2)c(N[B]c2c(C(C)C)cccc2C(C)C)c1. The fourth-order valence-corrected chi connectivity index (χ4v) is 4.20. The Morgan fingerprint density at radius 1 is 0.844 bits per heavy atom. The van der Waals surface area contributed by atoms with E-state index in [1.165, 1.54) is 22.2 Å². The van der Waals surface area contributed by atoms with Crippen molar-refractivity contribution in [1.29, 1.82) is 0 Å². The zero-order chi connectivity index (χ0) is 22.7. The standard InChI is InChI=1S/C28H31BN3/c1-19(2)23-12-9-13-24(20(3)4)27(23)29-31-26-18-21(5)14-15-25(26)28-30-16-17-32(28)22-10-7-6-8-11-22/h6-20,31H,1-5H3. The number of benzene rings is 3. The van der Waals surface area contributed by atoms with Crippen LogP contribution < -0.4 is 10.7 Å². The molecule has 0 bridgehead atoms. The molecule has 4 aromatic rings. The van der Waals surface area contributed by atoms with Crippen molar-refractivity contribution in [2.24, 2.45) is 0 Å². The smallest absolute Gasteiger partial charge is 0.283 e. The van der Waals surface area contributed by atoms with Crippen LogP contribution in [0.25, 0.3) is 17.1 Å². The molecule has 4 rings (SSSR count). The number of para-hydroxylation sites is 1. The number of rotatable bonds is 7. The minimum absolute atomic E-state index is 0.454. The van der Waals surface area contributed by atoms with Gasteiger partial charge in [-0.15, -0.1) is 0 Å². The molecule has 1 N–H and O–H groups in total. The Hall–Kier alpha value is -3.27. The molecule has 1 heterocycles. The summed E-state index contributed by atoms with van der Waals surface area (Å²) in [5.41, 5.74) is 8.46.